The van der Waals surface area contributed by atoms with E-state index in [0.717, 1.165) is 30.5 Å². The number of benzene rings is 1. The second kappa shape index (κ2) is 7.66. The second-order valence-corrected chi connectivity index (χ2v) is 5.35. The number of nitrogens with one attached hydrogen (secondary N) is 1. The topological polar surface area (TPSA) is 55.1 Å². The van der Waals surface area contributed by atoms with Crippen LogP contribution in [0.2, 0.25) is 0 Å². The van der Waals surface area contributed by atoms with Crippen LogP contribution in [0.3, 0.4) is 0 Å². The molecular formula is C13H19IN2O. The summed E-state index contributed by atoms with van der Waals surface area (Å²) in [6, 6.07) is 6.01. The van der Waals surface area contributed by atoms with Crippen molar-refractivity contribution < 1.29 is 4.79 Å². The van der Waals surface area contributed by atoms with Crippen molar-refractivity contribution in [2.75, 3.05) is 11.9 Å². The normalized spacial score (nSPS) is 10.3. The standard InChI is InChI=1S/C13H19IN2O/c1-10-9-11(14)6-7-12(10)16-13(17)5-3-2-4-8-15/h6-7,9H,2-5,8,15H2,1H3,(H,16,17). The quantitative estimate of drug-likeness (QED) is 0.614. The first kappa shape index (κ1) is 14.4. The number of aryl methyl sites for hydroxylation is 1. The average molecular weight is 346 g/mol. The van der Waals surface area contributed by atoms with Gasteiger partial charge in [-0.25, -0.2) is 0 Å². The minimum Gasteiger partial charge on any atom is -0.330 e. The van der Waals surface area contributed by atoms with Crippen molar-refractivity contribution in [2.45, 2.75) is 32.6 Å². The maximum absolute atomic E-state index is 11.7. The lowest BCUT2D eigenvalue weighted by atomic mass is 10.1. The van der Waals surface area contributed by atoms with Crippen LogP contribution in [0.25, 0.3) is 0 Å². The number of hydrogen-bond donors (Lipinski definition) is 2. The third kappa shape index (κ3) is 5.50. The van der Waals surface area contributed by atoms with Crippen molar-refractivity contribution in [1.29, 1.82) is 0 Å². The minimum atomic E-state index is 0.0892. The van der Waals surface area contributed by atoms with E-state index in [1.807, 2.05) is 19.1 Å². The van der Waals surface area contributed by atoms with Crippen molar-refractivity contribution in [1.82, 2.24) is 0 Å². The number of unbranched alkanes of at least 4 members (excludes halogenated alkanes) is 2. The molecule has 1 aromatic rings. The fourth-order valence-corrected chi connectivity index (χ4v) is 2.23. The molecule has 17 heavy (non-hydrogen) atoms. The molecule has 0 aliphatic heterocycles. The smallest absolute Gasteiger partial charge is 0.224 e. The third-order valence-electron chi connectivity index (χ3n) is 2.57. The Morgan fingerprint density at radius 1 is 1.35 bits per heavy atom. The fourth-order valence-electron chi connectivity index (χ4n) is 1.59. The Bertz CT molecular complexity index is 380. The van der Waals surface area contributed by atoms with E-state index in [0.29, 0.717) is 13.0 Å². The summed E-state index contributed by atoms with van der Waals surface area (Å²) in [5.41, 5.74) is 7.42. The molecular weight excluding hydrogens is 327 g/mol. The molecule has 0 spiro atoms. The number of amides is 1. The van der Waals surface area contributed by atoms with Gasteiger partial charge in [0, 0.05) is 15.7 Å². The van der Waals surface area contributed by atoms with Gasteiger partial charge in [0.05, 0.1) is 0 Å². The molecule has 0 aliphatic carbocycles. The van der Waals surface area contributed by atoms with Gasteiger partial charge >= 0.3 is 0 Å². The molecule has 1 rings (SSSR count). The van der Waals surface area contributed by atoms with Crippen LogP contribution in [0.1, 0.15) is 31.2 Å². The van der Waals surface area contributed by atoms with E-state index in [4.69, 9.17) is 5.73 Å². The molecule has 0 atom stereocenters. The number of hydrogen-bond acceptors (Lipinski definition) is 2. The Balaban J connectivity index is 2.40. The third-order valence-corrected chi connectivity index (χ3v) is 3.24. The summed E-state index contributed by atoms with van der Waals surface area (Å²) in [5, 5.41) is 2.94. The molecule has 0 saturated carbocycles. The van der Waals surface area contributed by atoms with Crippen LogP contribution in [-0.4, -0.2) is 12.5 Å². The number of halogens is 1. The number of rotatable bonds is 6. The fraction of sp³-hybridized carbons (Fsp3) is 0.462. The molecule has 0 aliphatic rings. The van der Waals surface area contributed by atoms with Crippen molar-refractivity contribution >= 4 is 34.2 Å². The van der Waals surface area contributed by atoms with E-state index in [-0.39, 0.29) is 5.91 Å². The lowest BCUT2D eigenvalue weighted by molar-refractivity contribution is -0.116. The molecule has 1 aromatic carbocycles. The summed E-state index contributed by atoms with van der Waals surface area (Å²) >= 11 is 2.26. The molecule has 0 fully saturated rings. The zero-order chi connectivity index (χ0) is 12.7. The molecule has 3 N–H and O–H groups in total. The first-order valence-corrected chi connectivity index (χ1v) is 6.97. The molecule has 0 unspecified atom stereocenters. The van der Waals surface area contributed by atoms with E-state index < -0.39 is 0 Å². The zero-order valence-electron chi connectivity index (χ0n) is 10.1. The summed E-state index contributed by atoms with van der Waals surface area (Å²) in [7, 11) is 0. The van der Waals surface area contributed by atoms with Gasteiger partial charge in [0.25, 0.3) is 0 Å². The van der Waals surface area contributed by atoms with Gasteiger partial charge in [-0.2, -0.15) is 0 Å². The number of carbonyl (C=O) groups is 1. The van der Waals surface area contributed by atoms with Crippen LogP contribution in [0, 0.1) is 10.5 Å². The average Bonchev–Trinajstić information content (AvgIpc) is 2.28. The second-order valence-electron chi connectivity index (χ2n) is 4.11. The van der Waals surface area contributed by atoms with E-state index in [1.54, 1.807) is 0 Å². The molecule has 0 radical (unpaired) electrons. The van der Waals surface area contributed by atoms with Crippen molar-refractivity contribution in [3.05, 3.63) is 27.3 Å². The molecule has 0 saturated heterocycles. The molecule has 1 amide bonds. The van der Waals surface area contributed by atoms with Crippen molar-refractivity contribution in [3.8, 4) is 0 Å². The predicted octanol–water partition coefficient (Wildman–Crippen LogP) is 3.06. The summed E-state index contributed by atoms with van der Waals surface area (Å²) in [6.07, 6.45) is 3.50. The van der Waals surface area contributed by atoms with Crippen LogP contribution in [0.4, 0.5) is 5.69 Å². The SMILES string of the molecule is Cc1cc(I)ccc1NC(=O)CCCCCN. The van der Waals surface area contributed by atoms with Crippen molar-refractivity contribution in [2.24, 2.45) is 5.73 Å². The van der Waals surface area contributed by atoms with Crippen molar-refractivity contribution in [3.63, 3.8) is 0 Å². The summed E-state index contributed by atoms with van der Waals surface area (Å²) in [4.78, 5) is 11.7. The van der Waals surface area contributed by atoms with Gasteiger partial charge in [0.15, 0.2) is 0 Å². The highest BCUT2D eigenvalue weighted by Gasteiger charge is 2.04. The van der Waals surface area contributed by atoms with Crippen LogP contribution < -0.4 is 11.1 Å². The van der Waals surface area contributed by atoms with Gasteiger partial charge in [-0.3, -0.25) is 4.79 Å². The summed E-state index contributed by atoms with van der Waals surface area (Å²) < 4.78 is 1.18. The molecule has 0 bridgehead atoms. The maximum Gasteiger partial charge on any atom is 0.224 e. The first-order valence-electron chi connectivity index (χ1n) is 5.89. The van der Waals surface area contributed by atoms with Crippen LogP contribution in [0.5, 0.6) is 0 Å². The summed E-state index contributed by atoms with van der Waals surface area (Å²) in [6.45, 7) is 2.71. The Kier molecular flexibility index (Phi) is 6.50. The monoisotopic (exact) mass is 346 g/mol. The van der Waals surface area contributed by atoms with E-state index in [2.05, 4.69) is 34.0 Å². The van der Waals surface area contributed by atoms with Crippen LogP contribution >= 0.6 is 22.6 Å². The summed E-state index contributed by atoms with van der Waals surface area (Å²) in [5.74, 6) is 0.0892. The van der Waals surface area contributed by atoms with Gasteiger partial charge in [-0.05, 0) is 72.7 Å². The lowest BCUT2D eigenvalue weighted by Crippen LogP contribution is -2.12. The minimum absolute atomic E-state index is 0.0892. The van der Waals surface area contributed by atoms with Gasteiger partial charge in [0.1, 0.15) is 0 Å². The van der Waals surface area contributed by atoms with Crippen LogP contribution in [0.15, 0.2) is 18.2 Å². The largest absolute Gasteiger partial charge is 0.330 e. The Hall–Kier alpha value is -0.620. The van der Waals surface area contributed by atoms with Crippen LogP contribution in [-0.2, 0) is 4.79 Å². The molecule has 94 valence electrons. The molecule has 4 heteroatoms. The van der Waals surface area contributed by atoms with Gasteiger partial charge in [0.2, 0.25) is 5.91 Å². The van der Waals surface area contributed by atoms with Gasteiger partial charge < -0.3 is 11.1 Å². The molecule has 0 heterocycles. The number of carbonyl (C=O) groups excluding carboxylic acids is 1. The molecule has 0 aromatic heterocycles. The zero-order valence-corrected chi connectivity index (χ0v) is 12.3. The highest BCUT2D eigenvalue weighted by Crippen LogP contribution is 2.18. The van der Waals surface area contributed by atoms with E-state index >= 15 is 0 Å². The van der Waals surface area contributed by atoms with E-state index in [9.17, 15) is 4.79 Å². The molecule has 3 nitrogen and oxygen atoms in total. The maximum atomic E-state index is 11.7. The highest BCUT2D eigenvalue weighted by molar-refractivity contribution is 14.1. The first-order chi connectivity index (χ1) is 8.13. The lowest BCUT2D eigenvalue weighted by Gasteiger charge is -2.08. The number of anilines is 1. The van der Waals surface area contributed by atoms with E-state index in [1.165, 1.54) is 3.57 Å². The van der Waals surface area contributed by atoms with Gasteiger partial charge in [-0.15, -0.1) is 0 Å². The highest BCUT2D eigenvalue weighted by atomic mass is 127. The Morgan fingerprint density at radius 2 is 2.12 bits per heavy atom. The Morgan fingerprint density at radius 3 is 2.76 bits per heavy atom. The number of nitrogens with two attached hydrogens (primary N) is 1. The predicted molar refractivity (Wildman–Crippen MR) is 80.0 cm³/mol. The van der Waals surface area contributed by atoms with Gasteiger partial charge in [-0.1, -0.05) is 6.42 Å². The Labute approximate surface area is 116 Å².